The Morgan fingerprint density at radius 3 is 1.91 bits per heavy atom. The van der Waals surface area contributed by atoms with Gasteiger partial charge in [-0.1, -0.05) is 103 Å². The van der Waals surface area contributed by atoms with Crippen LogP contribution in [-0.2, 0) is 0 Å². The Bertz CT molecular complexity index is 992. The highest BCUT2D eigenvalue weighted by Crippen LogP contribution is 2.40. The standard InChI is InChI=1S/C31H44N2/c1-7-14-24(10-4)27-19-13-20-28(25(15-8-2)16-9-3)30(27)33-22-21-32-31(33)29-18-12-11-17-26(29)23(5)6/h11-13,17-25H,7-10,14-16H2,1-6H3. The molecule has 0 bridgehead atoms. The van der Waals surface area contributed by atoms with Crippen LogP contribution in [0.4, 0.5) is 0 Å². The molecule has 0 aliphatic carbocycles. The number of rotatable bonds is 12. The Morgan fingerprint density at radius 2 is 1.30 bits per heavy atom. The first-order valence-electron chi connectivity index (χ1n) is 13.3. The van der Waals surface area contributed by atoms with E-state index in [0.717, 1.165) is 5.82 Å². The summed E-state index contributed by atoms with van der Waals surface area (Å²) in [6.45, 7) is 13.8. The number of hydrogen-bond donors (Lipinski definition) is 0. The zero-order valence-corrected chi connectivity index (χ0v) is 21.8. The van der Waals surface area contributed by atoms with Crippen LogP contribution in [0, 0.1) is 0 Å². The van der Waals surface area contributed by atoms with Gasteiger partial charge in [0.1, 0.15) is 5.82 Å². The third-order valence-corrected chi connectivity index (χ3v) is 7.09. The van der Waals surface area contributed by atoms with Crippen LogP contribution in [0.2, 0.25) is 0 Å². The summed E-state index contributed by atoms with van der Waals surface area (Å²) in [5.74, 6) is 2.69. The summed E-state index contributed by atoms with van der Waals surface area (Å²) in [5.41, 5.74) is 7.02. The molecule has 33 heavy (non-hydrogen) atoms. The van der Waals surface area contributed by atoms with Crippen molar-refractivity contribution in [1.29, 1.82) is 0 Å². The Kier molecular flexibility index (Phi) is 9.35. The molecule has 178 valence electrons. The van der Waals surface area contributed by atoms with Crippen molar-refractivity contribution in [2.24, 2.45) is 0 Å². The van der Waals surface area contributed by atoms with Crippen molar-refractivity contribution in [1.82, 2.24) is 9.55 Å². The number of hydrogen-bond acceptors (Lipinski definition) is 1. The van der Waals surface area contributed by atoms with E-state index in [0.29, 0.717) is 17.8 Å². The second kappa shape index (κ2) is 12.2. The van der Waals surface area contributed by atoms with Crippen molar-refractivity contribution in [2.45, 2.75) is 104 Å². The molecular formula is C31H44N2. The summed E-state index contributed by atoms with van der Waals surface area (Å²) >= 11 is 0. The van der Waals surface area contributed by atoms with E-state index >= 15 is 0 Å². The number of benzene rings is 2. The van der Waals surface area contributed by atoms with Gasteiger partial charge in [0.15, 0.2) is 0 Å². The van der Waals surface area contributed by atoms with E-state index < -0.39 is 0 Å². The molecule has 1 heterocycles. The van der Waals surface area contributed by atoms with Crippen molar-refractivity contribution in [3.05, 3.63) is 71.5 Å². The Hall–Kier alpha value is -2.35. The smallest absolute Gasteiger partial charge is 0.144 e. The van der Waals surface area contributed by atoms with Crippen LogP contribution in [0.15, 0.2) is 54.9 Å². The summed E-state index contributed by atoms with van der Waals surface area (Å²) in [5, 5.41) is 0. The van der Waals surface area contributed by atoms with Gasteiger partial charge in [-0.05, 0) is 60.1 Å². The summed E-state index contributed by atoms with van der Waals surface area (Å²) in [4.78, 5) is 4.93. The number of nitrogens with zero attached hydrogens (tertiary/aromatic N) is 2. The van der Waals surface area contributed by atoms with Crippen LogP contribution in [0.25, 0.3) is 17.1 Å². The first-order chi connectivity index (χ1) is 16.1. The zero-order valence-electron chi connectivity index (χ0n) is 21.8. The maximum absolute atomic E-state index is 4.93. The highest BCUT2D eigenvalue weighted by atomic mass is 15.1. The monoisotopic (exact) mass is 444 g/mol. The summed E-state index contributed by atoms with van der Waals surface area (Å²) in [6.07, 6.45) is 12.7. The van der Waals surface area contributed by atoms with Crippen LogP contribution in [-0.4, -0.2) is 9.55 Å². The van der Waals surface area contributed by atoms with E-state index in [1.54, 1.807) is 0 Å². The molecule has 0 aliphatic rings. The van der Waals surface area contributed by atoms with E-state index in [4.69, 9.17) is 4.98 Å². The van der Waals surface area contributed by atoms with Gasteiger partial charge in [0.05, 0.1) is 5.69 Å². The zero-order chi connectivity index (χ0) is 23.8. The van der Waals surface area contributed by atoms with Gasteiger partial charge in [0.2, 0.25) is 0 Å². The third-order valence-electron chi connectivity index (χ3n) is 7.09. The van der Waals surface area contributed by atoms with Crippen molar-refractivity contribution in [3.63, 3.8) is 0 Å². The summed E-state index contributed by atoms with van der Waals surface area (Å²) in [7, 11) is 0. The molecule has 3 rings (SSSR count). The molecule has 2 heteroatoms. The average Bonchev–Trinajstić information content (AvgIpc) is 3.31. The largest absolute Gasteiger partial charge is 0.299 e. The molecule has 0 aliphatic heterocycles. The van der Waals surface area contributed by atoms with Crippen LogP contribution < -0.4 is 0 Å². The van der Waals surface area contributed by atoms with E-state index in [1.165, 1.54) is 72.9 Å². The van der Waals surface area contributed by atoms with Gasteiger partial charge in [0, 0.05) is 18.0 Å². The maximum atomic E-state index is 4.93. The first kappa shape index (κ1) is 25.3. The van der Waals surface area contributed by atoms with Gasteiger partial charge in [-0.15, -0.1) is 0 Å². The van der Waals surface area contributed by atoms with E-state index in [9.17, 15) is 0 Å². The van der Waals surface area contributed by atoms with Gasteiger partial charge in [-0.25, -0.2) is 4.98 Å². The Labute approximate surface area is 202 Å². The maximum Gasteiger partial charge on any atom is 0.144 e. The molecule has 1 atom stereocenters. The second-order valence-electron chi connectivity index (χ2n) is 9.82. The molecule has 0 fully saturated rings. The van der Waals surface area contributed by atoms with Crippen LogP contribution >= 0.6 is 0 Å². The number of imidazole rings is 1. The van der Waals surface area contributed by atoms with Gasteiger partial charge >= 0.3 is 0 Å². The lowest BCUT2D eigenvalue weighted by molar-refractivity contribution is 0.553. The fourth-order valence-electron chi connectivity index (χ4n) is 5.48. The molecule has 0 amide bonds. The van der Waals surface area contributed by atoms with Crippen molar-refractivity contribution in [3.8, 4) is 17.1 Å². The topological polar surface area (TPSA) is 17.8 Å². The molecule has 0 spiro atoms. The van der Waals surface area contributed by atoms with Gasteiger partial charge < -0.3 is 0 Å². The highest BCUT2D eigenvalue weighted by molar-refractivity contribution is 5.66. The van der Waals surface area contributed by atoms with Crippen LogP contribution in [0.1, 0.15) is 121 Å². The van der Waals surface area contributed by atoms with Gasteiger partial charge in [-0.2, -0.15) is 0 Å². The van der Waals surface area contributed by atoms with Crippen molar-refractivity contribution in [2.75, 3.05) is 0 Å². The molecular weight excluding hydrogens is 400 g/mol. The number of aromatic nitrogens is 2. The van der Waals surface area contributed by atoms with E-state index in [1.807, 2.05) is 6.20 Å². The lowest BCUT2D eigenvalue weighted by Gasteiger charge is -2.27. The first-order valence-corrected chi connectivity index (χ1v) is 13.3. The van der Waals surface area contributed by atoms with E-state index in [-0.39, 0.29) is 0 Å². The van der Waals surface area contributed by atoms with Gasteiger partial charge in [-0.3, -0.25) is 4.57 Å². The molecule has 0 radical (unpaired) electrons. The molecule has 0 saturated heterocycles. The average molecular weight is 445 g/mol. The predicted octanol–water partition coefficient (Wildman–Crippen LogP) is 9.64. The predicted molar refractivity (Wildman–Crippen MR) is 144 cm³/mol. The van der Waals surface area contributed by atoms with Crippen molar-refractivity contribution < 1.29 is 0 Å². The Morgan fingerprint density at radius 1 is 0.727 bits per heavy atom. The minimum atomic E-state index is 0.456. The minimum Gasteiger partial charge on any atom is -0.299 e. The quantitative estimate of drug-likeness (QED) is 0.272. The highest BCUT2D eigenvalue weighted by Gasteiger charge is 2.24. The second-order valence-corrected chi connectivity index (χ2v) is 9.82. The SMILES string of the molecule is CCCC(CC)c1cccc(C(CCC)CCC)c1-n1ccnc1-c1ccccc1C(C)C. The molecule has 0 N–H and O–H groups in total. The number of para-hydroxylation sites is 1. The van der Waals surface area contributed by atoms with Crippen molar-refractivity contribution >= 4 is 0 Å². The molecule has 1 aromatic heterocycles. The molecule has 2 aromatic carbocycles. The third kappa shape index (κ3) is 5.60. The van der Waals surface area contributed by atoms with E-state index in [2.05, 4.69) is 94.8 Å². The van der Waals surface area contributed by atoms with Crippen LogP contribution in [0.3, 0.4) is 0 Å². The Balaban J connectivity index is 2.29. The molecule has 1 unspecified atom stereocenters. The fraction of sp³-hybridized carbons (Fsp3) is 0.516. The fourth-order valence-corrected chi connectivity index (χ4v) is 5.48. The summed E-state index contributed by atoms with van der Waals surface area (Å²) in [6, 6.07) is 15.9. The molecule has 0 saturated carbocycles. The molecule has 3 aromatic rings. The molecule has 2 nitrogen and oxygen atoms in total. The van der Waals surface area contributed by atoms with Gasteiger partial charge in [0.25, 0.3) is 0 Å². The van der Waals surface area contributed by atoms with Crippen LogP contribution in [0.5, 0.6) is 0 Å². The summed E-state index contributed by atoms with van der Waals surface area (Å²) < 4.78 is 2.42. The minimum absolute atomic E-state index is 0.456. The lowest BCUT2D eigenvalue weighted by Crippen LogP contribution is -2.12. The lowest BCUT2D eigenvalue weighted by atomic mass is 9.83. The normalized spacial score (nSPS) is 12.6.